The lowest BCUT2D eigenvalue weighted by molar-refractivity contribution is 0.102. The fourth-order valence-electron chi connectivity index (χ4n) is 2.36. The number of amides is 1. The predicted molar refractivity (Wildman–Crippen MR) is 86.5 cm³/mol. The maximum Gasteiger partial charge on any atom is 0.257 e. The van der Waals surface area contributed by atoms with Gasteiger partial charge in [-0.15, -0.1) is 0 Å². The van der Waals surface area contributed by atoms with Crippen LogP contribution in [0.15, 0.2) is 42.9 Å². The average molecular weight is 294 g/mol. The minimum absolute atomic E-state index is 0.110. The van der Waals surface area contributed by atoms with Crippen LogP contribution in [0, 0.1) is 20.8 Å². The van der Waals surface area contributed by atoms with Crippen molar-refractivity contribution in [3.63, 3.8) is 0 Å². The quantitative estimate of drug-likeness (QED) is 0.778. The van der Waals surface area contributed by atoms with E-state index in [0.717, 1.165) is 28.5 Å². The van der Waals surface area contributed by atoms with Crippen molar-refractivity contribution < 1.29 is 4.79 Å². The van der Waals surface area contributed by atoms with Crippen molar-refractivity contribution in [1.29, 1.82) is 0 Å². The van der Waals surface area contributed by atoms with Crippen molar-refractivity contribution in [2.24, 2.45) is 0 Å². The van der Waals surface area contributed by atoms with Gasteiger partial charge in [-0.05, 0) is 51.1 Å². The van der Waals surface area contributed by atoms with E-state index < -0.39 is 0 Å². The Hall–Kier alpha value is -2.82. The normalized spacial score (nSPS) is 10.7. The van der Waals surface area contributed by atoms with Crippen LogP contribution in [0.2, 0.25) is 0 Å². The van der Waals surface area contributed by atoms with Crippen LogP contribution in [0.5, 0.6) is 0 Å². The van der Waals surface area contributed by atoms with Gasteiger partial charge >= 0.3 is 0 Å². The molecule has 0 unspecified atom stereocenters. The Kier molecular flexibility index (Phi) is 3.55. The number of aryl methyl sites for hydroxylation is 2. The standard InChI is InChI=1S/C17H18N4O/c1-11-13(3)21(10-19-11)15-6-4-14(5-7-15)20-17(22)16-8-9-18-12(16)2/h4-10,18H,1-3H3,(H,20,22). The molecule has 5 heteroatoms. The zero-order valence-electron chi connectivity index (χ0n) is 12.8. The number of anilines is 1. The molecule has 0 saturated carbocycles. The highest BCUT2D eigenvalue weighted by atomic mass is 16.1. The summed E-state index contributed by atoms with van der Waals surface area (Å²) in [5.41, 5.74) is 5.43. The molecule has 0 atom stereocenters. The summed E-state index contributed by atoms with van der Waals surface area (Å²) in [7, 11) is 0. The summed E-state index contributed by atoms with van der Waals surface area (Å²) < 4.78 is 2.03. The molecule has 22 heavy (non-hydrogen) atoms. The Morgan fingerprint density at radius 1 is 1.14 bits per heavy atom. The molecule has 0 saturated heterocycles. The number of hydrogen-bond donors (Lipinski definition) is 2. The third-order valence-corrected chi connectivity index (χ3v) is 3.85. The largest absolute Gasteiger partial charge is 0.365 e. The number of aromatic nitrogens is 3. The number of nitrogens with one attached hydrogen (secondary N) is 2. The van der Waals surface area contributed by atoms with E-state index in [0.29, 0.717) is 5.56 Å². The van der Waals surface area contributed by atoms with E-state index in [1.807, 2.05) is 49.6 Å². The molecule has 0 aliphatic carbocycles. The molecular weight excluding hydrogens is 276 g/mol. The molecule has 2 N–H and O–H groups in total. The molecule has 0 aliphatic heterocycles. The van der Waals surface area contributed by atoms with E-state index in [4.69, 9.17) is 0 Å². The minimum atomic E-state index is -0.110. The second kappa shape index (κ2) is 5.52. The first-order chi connectivity index (χ1) is 10.6. The van der Waals surface area contributed by atoms with E-state index in [1.54, 1.807) is 18.6 Å². The van der Waals surface area contributed by atoms with Crippen LogP contribution in [-0.4, -0.2) is 20.4 Å². The SMILES string of the molecule is Cc1ncn(-c2ccc(NC(=O)c3cc[nH]c3C)cc2)c1C. The van der Waals surface area contributed by atoms with Gasteiger partial charge < -0.3 is 14.9 Å². The molecule has 1 amide bonds. The maximum absolute atomic E-state index is 12.2. The zero-order valence-corrected chi connectivity index (χ0v) is 12.8. The fourth-order valence-corrected chi connectivity index (χ4v) is 2.36. The molecule has 3 aromatic rings. The monoisotopic (exact) mass is 294 g/mol. The summed E-state index contributed by atoms with van der Waals surface area (Å²) in [6.07, 6.45) is 3.57. The number of imidazole rings is 1. The second-order valence-corrected chi connectivity index (χ2v) is 5.30. The van der Waals surface area contributed by atoms with Gasteiger partial charge in [-0.1, -0.05) is 0 Å². The van der Waals surface area contributed by atoms with Gasteiger partial charge in [0.15, 0.2) is 0 Å². The van der Waals surface area contributed by atoms with Crippen LogP contribution in [0.1, 0.15) is 27.4 Å². The summed E-state index contributed by atoms with van der Waals surface area (Å²) in [4.78, 5) is 19.5. The van der Waals surface area contributed by atoms with Gasteiger partial charge in [0.1, 0.15) is 0 Å². The molecule has 3 rings (SSSR count). The highest BCUT2D eigenvalue weighted by Gasteiger charge is 2.10. The van der Waals surface area contributed by atoms with Gasteiger partial charge in [0, 0.05) is 29.0 Å². The number of H-pyrrole nitrogens is 1. The summed E-state index contributed by atoms with van der Waals surface area (Å²) >= 11 is 0. The van der Waals surface area contributed by atoms with Crippen molar-refractivity contribution in [2.45, 2.75) is 20.8 Å². The third kappa shape index (κ3) is 2.53. The molecule has 0 aliphatic rings. The lowest BCUT2D eigenvalue weighted by Gasteiger charge is -2.08. The van der Waals surface area contributed by atoms with E-state index >= 15 is 0 Å². The Morgan fingerprint density at radius 2 is 1.86 bits per heavy atom. The fraction of sp³-hybridized carbons (Fsp3) is 0.176. The highest BCUT2D eigenvalue weighted by molar-refractivity contribution is 6.05. The van der Waals surface area contributed by atoms with E-state index in [-0.39, 0.29) is 5.91 Å². The molecule has 0 bridgehead atoms. The maximum atomic E-state index is 12.2. The van der Waals surface area contributed by atoms with Crippen molar-refractivity contribution >= 4 is 11.6 Å². The predicted octanol–water partition coefficient (Wildman–Crippen LogP) is 3.38. The van der Waals surface area contributed by atoms with Crippen LogP contribution < -0.4 is 5.32 Å². The van der Waals surface area contributed by atoms with Gasteiger partial charge in [0.25, 0.3) is 5.91 Å². The first-order valence-electron chi connectivity index (χ1n) is 7.12. The zero-order chi connectivity index (χ0) is 15.7. The van der Waals surface area contributed by atoms with Crippen molar-refractivity contribution in [2.75, 3.05) is 5.32 Å². The van der Waals surface area contributed by atoms with Crippen LogP contribution in [0.4, 0.5) is 5.69 Å². The summed E-state index contributed by atoms with van der Waals surface area (Å²) in [5, 5.41) is 2.90. The number of nitrogens with zero attached hydrogens (tertiary/aromatic N) is 2. The highest BCUT2D eigenvalue weighted by Crippen LogP contribution is 2.17. The number of carbonyl (C=O) groups excluding carboxylic acids is 1. The smallest absolute Gasteiger partial charge is 0.257 e. The van der Waals surface area contributed by atoms with E-state index in [1.165, 1.54) is 0 Å². The third-order valence-electron chi connectivity index (χ3n) is 3.85. The first kappa shape index (κ1) is 14.1. The molecule has 1 aromatic carbocycles. The Bertz CT molecular complexity index is 812. The molecule has 2 aromatic heterocycles. The lowest BCUT2D eigenvalue weighted by atomic mass is 10.2. The number of rotatable bonds is 3. The molecule has 2 heterocycles. The minimum Gasteiger partial charge on any atom is -0.365 e. The molecule has 112 valence electrons. The Balaban J connectivity index is 1.79. The summed E-state index contributed by atoms with van der Waals surface area (Å²) in [5.74, 6) is -0.110. The molecule has 0 radical (unpaired) electrons. The topological polar surface area (TPSA) is 62.7 Å². The number of aromatic amines is 1. The van der Waals surface area contributed by atoms with Gasteiger partial charge in [-0.2, -0.15) is 0 Å². The van der Waals surface area contributed by atoms with Crippen molar-refractivity contribution in [1.82, 2.24) is 14.5 Å². The Morgan fingerprint density at radius 3 is 2.41 bits per heavy atom. The van der Waals surface area contributed by atoms with Gasteiger partial charge in [0.2, 0.25) is 0 Å². The first-order valence-corrected chi connectivity index (χ1v) is 7.12. The number of carbonyl (C=O) groups is 1. The van der Waals surface area contributed by atoms with Crippen molar-refractivity contribution in [3.05, 3.63) is 65.5 Å². The van der Waals surface area contributed by atoms with E-state index in [9.17, 15) is 4.79 Å². The second-order valence-electron chi connectivity index (χ2n) is 5.30. The number of benzene rings is 1. The lowest BCUT2D eigenvalue weighted by Crippen LogP contribution is -2.12. The van der Waals surface area contributed by atoms with Crippen molar-refractivity contribution in [3.8, 4) is 5.69 Å². The summed E-state index contributed by atoms with van der Waals surface area (Å²) in [6.45, 7) is 5.90. The van der Waals surface area contributed by atoms with Crippen LogP contribution in [0.3, 0.4) is 0 Å². The van der Waals surface area contributed by atoms with Crippen LogP contribution in [0.25, 0.3) is 5.69 Å². The molecule has 0 fully saturated rings. The molecule has 5 nitrogen and oxygen atoms in total. The van der Waals surface area contributed by atoms with Gasteiger partial charge in [-0.3, -0.25) is 4.79 Å². The summed E-state index contributed by atoms with van der Waals surface area (Å²) in [6, 6.07) is 9.49. The Labute approximate surface area is 129 Å². The molecular formula is C17H18N4O. The van der Waals surface area contributed by atoms with E-state index in [2.05, 4.69) is 15.3 Å². The molecule has 0 spiro atoms. The van der Waals surface area contributed by atoms with Crippen LogP contribution >= 0.6 is 0 Å². The average Bonchev–Trinajstić information content (AvgIpc) is 3.07. The number of hydrogen-bond acceptors (Lipinski definition) is 2. The van der Waals surface area contributed by atoms with Gasteiger partial charge in [-0.25, -0.2) is 4.98 Å². The van der Waals surface area contributed by atoms with Crippen LogP contribution in [-0.2, 0) is 0 Å². The van der Waals surface area contributed by atoms with Gasteiger partial charge in [0.05, 0.1) is 17.6 Å².